The smallest absolute Gasteiger partial charge is 0.0435 e. The number of aryl methyl sites for hydroxylation is 2. The van der Waals surface area contributed by atoms with Crippen molar-refractivity contribution in [2.24, 2.45) is 0 Å². The van der Waals surface area contributed by atoms with E-state index in [-0.39, 0.29) is 0 Å². The van der Waals surface area contributed by atoms with Gasteiger partial charge in [0, 0.05) is 10.0 Å². The molecule has 0 atom stereocenters. The lowest BCUT2D eigenvalue weighted by atomic mass is 10.2. The molecule has 0 aliphatic carbocycles. The SMILES string of the molecule is Cc1ccccc1Cl.Cc1ccccc1Cl. The molecule has 0 nitrogen and oxygen atoms in total. The Kier molecular flexibility index (Phi) is 5.37. The number of rotatable bonds is 0. The molecule has 0 aliphatic rings. The molecule has 2 heteroatoms. The van der Waals surface area contributed by atoms with Crippen LogP contribution in [0, 0.1) is 13.8 Å². The first-order valence-corrected chi connectivity index (χ1v) is 5.79. The van der Waals surface area contributed by atoms with E-state index < -0.39 is 0 Å². The molecule has 84 valence electrons. The molecule has 0 aromatic heterocycles. The van der Waals surface area contributed by atoms with Gasteiger partial charge < -0.3 is 0 Å². The van der Waals surface area contributed by atoms with Gasteiger partial charge in [-0.3, -0.25) is 0 Å². The molecule has 0 amide bonds. The zero-order chi connectivity index (χ0) is 12.0. The summed E-state index contributed by atoms with van der Waals surface area (Å²) in [5.74, 6) is 0. The van der Waals surface area contributed by atoms with Crippen LogP contribution in [-0.2, 0) is 0 Å². The molecule has 0 N–H and O–H groups in total. The van der Waals surface area contributed by atoms with Crippen molar-refractivity contribution in [2.75, 3.05) is 0 Å². The topological polar surface area (TPSA) is 0 Å². The van der Waals surface area contributed by atoms with Gasteiger partial charge in [0.25, 0.3) is 0 Å². The fourth-order valence-corrected chi connectivity index (χ4v) is 1.37. The van der Waals surface area contributed by atoms with Crippen LogP contribution in [0.2, 0.25) is 10.0 Å². The largest absolute Gasteiger partial charge is 0.0841 e. The summed E-state index contributed by atoms with van der Waals surface area (Å²) in [6, 6.07) is 15.5. The molecule has 0 aliphatic heterocycles. The van der Waals surface area contributed by atoms with Gasteiger partial charge in [-0.2, -0.15) is 0 Å². The molecular formula is C14H14Cl2. The van der Waals surface area contributed by atoms with E-state index in [2.05, 4.69) is 0 Å². The van der Waals surface area contributed by atoms with Gasteiger partial charge in [0.05, 0.1) is 0 Å². The lowest BCUT2D eigenvalue weighted by Gasteiger charge is -1.90. The number of halogens is 2. The second-order valence-corrected chi connectivity index (χ2v) is 4.31. The average molecular weight is 253 g/mol. The summed E-state index contributed by atoms with van der Waals surface area (Å²) in [6.07, 6.45) is 0. The highest BCUT2D eigenvalue weighted by Gasteiger charge is 1.87. The van der Waals surface area contributed by atoms with Gasteiger partial charge in [0.15, 0.2) is 0 Å². The Morgan fingerprint density at radius 2 is 0.938 bits per heavy atom. The van der Waals surface area contributed by atoms with Crippen molar-refractivity contribution in [1.82, 2.24) is 0 Å². The molecule has 2 rings (SSSR count). The quantitative estimate of drug-likeness (QED) is 0.597. The second kappa shape index (κ2) is 6.57. The van der Waals surface area contributed by atoms with Crippen LogP contribution in [-0.4, -0.2) is 0 Å². The van der Waals surface area contributed by atoms with Gasteiger partial charge >= 0.3 is 0 Å². The Labute approximate surface area is 107 Å². The maximum atomic E-state index is 5.71. The van der Waals surface area contributed by atoms with E-state index in [1.54, 1.807) is 0 Å². The first-order valence-electron chi connectivity index (χ1n) is 5.03. The van der Waals surface area contributed by atoms with E-state index in [1.165, 1.54) is 0 Å². The highest BCUT2D eigenvalue weighted by Crippen LogP contribution is 2.12. The highest BCUT2D eigenvalue weighted by molar-refractivity contribution is 6.31. The lowest BCUT2D eigenvalue weighted by Crippen LogP contribution is -1.68. The average Bonchev–Trinajstić information content (AvgIpc) is 2.28. The van der Waals surface area contributed by atoms with Crippen molar-refractivity contribution in [3.8, 4) is 0 Å². The Balaban J connectivity index is 0.000000160. The zero-order valence-corrected chi connectivity index (χ0v) is 10.9. The van der Waals surface area contributed by atoms with E-state index in [0.717, 1.165) is 21.2 Å². The van der Waals surface area contributed by atoms with E-state index in [0.29, 0.717) is 0 Å². The minimum Gasteiger partial charge on any atom is -0.0841 e. The first-order chi connectivity index (χ1) is 7.61. The Hall–Kier alpha value is -0.980. The lowest BCUT2D eigenvalue weighted by molar-refractivity contribution is 1.47. The molecule has 2 aromatic rings. The minimum atomic E-state index is 0.840. The summed E-state index contributed by atoms with van der Waals surface area (Å²) in [6.45, 7) is 3.98. The molecule has 0 heterocycles. The van der Waals surface area contributed by atoms with Crippen LogP contribution >= 0.6 is 23.2 Å². The molecule has 0 bridgehead atoms. The molecule has 16 heavy (non-hydrogen) atoms. The number of hydrogen-bond donors (Lipinski definition) is 0. The van der Waals surface area contributed by atoms with Crippen LogP contribution in [0.4, 0.5) is 0 Å². The summed E-state index contributed by atoms with van der Waals surface area (Å²) >= 11 is 11.4. The maximum Gasteiger partial charge on any atom is 0.0435 e. The Morgan fingerprint density at radius 1 is 0.625 bits per heavy atom. The van der Waals surface area contributed by atoms with Crippen molar-refractivity contribution in [2.45, 2.75) is 13.8 Å². The predicted molar refractivity (Wildman–Crippen MR) is 72.4 cm³/mol. The predicted octanol–water partition coefficient (Wildman–Crippen LogP) is 5.30. The molecule has 0 radical (unpaired) electrons. The fraction of sp³-hybridized carbons (Fsp3) is 0.143. The Morgan fingerprint density at radius 3 is 1.12 bits per heavy atom. The maximum absolute atomic E-state index is 5.71. The summed E-state index contributed by atoms with van der Waals surface area (Å²) in [5, 5.41) is 1.68. The third-order valence-corrected chi connectivity index (χ3v) is 3.00. The van der Waals surface area contributed by atoms with Gasteiger partial charge in [-0.25, -0.2) is 0 Å². The minimum absolute atomic E-state index is 0.840. The van der Waals surface area contributed by atoms with Gasteiger partial charge in [-0.15, -0.1) is 0 Å². The summed E-state index contributed by atoms with van der Waals surface area (Å²) < 4.78 is 0. The van der Waals surface area contributed by atoms with E-state index in [9.17, 15) is 0 Å². The Bertz CT molecular complexity index is 364. The molecule has 0 saturated heterocycles. The first kappa shape index (κ1) is 13.1. The number of benzene rings is 2. The zero-order valence-electron chi connectivity index (χ0n) is 9.37. The van der Waals surface area contributed by atoms with E-state index >= 15 is 0 Å². The third kappa shape index (κ3) is 4.26. The van der Waals surface area contributed by atoms with Crippen LogP contribution in [0.5, 0.6) is 0 Å². The van der Waals surface area contributed by atoms with Gasteiger partial charge in [0.2, 0.25) is 0 Å². The van der Waals surface area contributed by atoms with Crippen molar-refractivity contribution in [3.05, 3.63) is 69.7 Å². The van der Waals surface area contributed by atoms with Crippen LogP contribution in [0.3, 0.4) is 0 Å². The number of hydrogen-bond acceptors (Lipinski definition) is 0. The summed E-state index contributed by atoms with van der Waals surface area (Å²) in [7, 11) is 0. The van der Waals surface area contributed by atoms with E-state index in [4.69, 9.17) is 23.2 Å². The third-order valence-electron chi connectivity index (χ3n) is 2.15. The van der Waals surface area contributed by atoms with Crippen molar-refractivity contribution in [1.29, 1.82) is 0 Å². The highest BCUT2D eigenvalue weighted by atomic mass is 35.5. The van der Waals surface area contributed by atoms with Crippen LogP contribution < -0.4 is 0 Å². The van der Waals surface area contributed by atoms with Gasteiger partial charge in [-0.1, -0.05) is 59.6 Å². The summed E-state index contributed by atoms with van der Waals surface area (Å²) in [4.78, 5) is 0. The molecule has 2 aromatic carbocycles. The molecule has 0 fully saturated rings. The summed E-state index contributed by atoms with van der Waals surface area (Å²) in [5.41, 5.74) is 2.27. The van der Waals surface area contributed by atoms with E-state index in [1.807, 2.05) is 62.4 Å². The van der Waals surface area contributed by atoms with Crippen molar-refractivity contribution >= 4 is 23.2 Å². The molecular weight excluding hydrogens is 239 g/mol. The molecule has 0 unspecified atom stereocenters. The molecule has 0 spiro atoms. The van der Waals surface area contributed by atoms with Crippen LogP contribution in [0.1, 0.15) is 11.1 Å². The second-order valence-electron chi connectivity index (χ2n) is 3.50. The standard InChI is InChI=1S/2C7H7Cl/c2*1-6-4-2-3-5-7(6)8/h2*2-5H,1H3. The van der Waals surface area contributed by atoms with Crippen LogP contribution in [0.25, 0.3) is 0 Å². The fourth-order valence-electron chi connectivity index (χ4n) is 1.10. The normalized spacial score (nSPS) is 9.25. The van der Waals surface area contributed by atoms with Crippen LogP contribution in [0.15, 0.2) is 48.5 Å². The van der Waals surface area contributed by atoms with Gasteiger partial charge in [0.1, 0.15) is 0 Å². The van der Waals surface area contributed by atoms with Gasteiger partial charge in [-0.05, 0) is 37.1 Å². The monoisotopic (exact) mass is 252 g/mol. The van der Waals surface area contributed by atoms with Crippen molar-refractivity contribution < 1.29 is 0 Å². The van der Waals surface area contributed by atoms with Crippen molar-refractivity contribution in [3.63, 3.8) is 0 Å². The molecule has 0 saturated carbocycles.